The van der Waals surface area contributed by atoms with E-state index >= 15 is 0 Å². The third kappa shape index (κ3) is 3.83. The summed E-state index contributed by atoms with van der Waals surface area (Å²) < 4.78 is 5.80. The Morgan fingerprint density at radius 2 is 2.42 bits per heavy atom. The lowest BCUT2D eigenvalue weighted by Crippen LogP contribution is -2.15. The molecular formula is C11H12N4O2S2. The molecule has 2 aromatic rings. The standard InChI is InChI=1S/C11H12N4O2S2/c1-17-7-2-3-9(8(12)4-7)14-10(16)5-18-11-15-13-6-19-11/h2-4,6H,5,12H2,1H3,(H,14,16). The first kappa shape index (κ1) is 13.6. The number of carbonyl (C=O) groups excluding carboxylic acids is 1. The van der Waals surface area contributed by atoms with Crippen molar-refractivity contribution in [2.24, 2.45) is 0 Å². The molecule has 8 heteroatoms. The Hall–Kier alpha value is -1.80. The lowest BCUT2D eigenvalue weighted by molar-refractivity contribution is -0.113. The van der Waals surface area contributed by atoms with Gasteiger partial charge in [0, 0.05) is 6.07 Å². The van der Waals surface area contributed by atoms with E-state index < -0.39 is 0 Å². The fraction of sp³-hybridized carbons (Fsp3) is 0.182. The summed E-state index contributed by atoms with van der Waals surface area (Å²) in [6, 6.07) is 5.11. The lowest BCUT2D eigenvalue weighted by Gasteiger charge is -2.09. The number of nitrogens with zero attached hydrogens (tertiary/aromatic N) is 2. The first-order chi connectivity index (χ1) is 9.19. The molecule has 1 amide bonds. The van der Waals surface area contributed by atoms with Crippen molar-refractivity contribution in [3.63, 3.8) is 0 Å². The van der Waals surface area contributed by atoms with Gasteiger partial charge in [0.25, 0.3) is 0 Å². The van der Waals surface area contributed by atoms with Gasteiger partial charge >= 0.3 is 0 Å². The monoisotopic (exact) mass is 296 g/mol. The van der Waals surface area contributed by atoms with Crippen LogP contribution in [0.25, 0.3) is 0 Å². The Labute approximate surface area is 118 Å². The molecule has 0 saturated heterocycles. The molecule has 0 saturated carbocycles. The number of nitrogen functional groups attached to an aromatic ring is 1. The van der Waals surface area contributed by atoms with Gasteiger partial charge < -0.3 is 15.8 Å². The molecule has 100 valence electrons. The summed E-state index contributed by atoms with van der Waals surface area (Å²) in [5.74, 6) is 0.775. The van der Waals surface area contributed by atoms with Crippen LogP contribution < -0.4 is 15.8 Å². The number of rotatable bonds is 5. The predicted octanol–water partition coefficient (Wildman–Crippen LogP) is 1.86. The van der Waals surface area contributed by atoms with Gasteiger partial charge in [-0.25, -0.2) is 0 Å². The Morgan fingerprint density at radius 3 is 3.05 bits per heavy atom. The number of anilines is 2. The molecule has 6 nitrogen and oxygen atoms in total. The summed E-state index contributed by atoms with van der Waals surface area (Å²) in [6.07, 6.45) is 0. The van der Waals surface area contributed by atoms with Crippen LogP contribution in [0.15, 0.2) is 28.0 Å². The van der Waals surface area contributed by atoms with E-state index in [1.165, 1.54) is 23.1 Å². The van der Waals surface area contributed by atoms with Gasteiger partial charge in [0.15, 0.2) is 4.34 Å². The molecule has 1 heterocycles. The largest absolute Gasteiger partial charge is 0.497 e. The molecule has 0 aliphatic heterocycles. The molecule has 0 bridgehead atoms. The third-order valence-electron chi connectivity index (χ3n) is 2.20. The Kier molecular flexibility index (Phi) is 4.58. The number of benzene rings is 1. The van der Waals surface area contributed by atoms with Gasteiger partial charge in [0.1, 0.15) is 11.3 Å². The zero-order valence-electron chi connectivity index (χ0n) is 10.1. The molecule has 0 radical (unpaired) electrons. The van der Waals surface area contributed by atoms with E-state index in [1.807, 2.05) is 0 Å². The van der Waals surface area contributed by atoms with E-state index in [1.54, 1.807) is 30.8 Å². The molecule has 0 unspecified atom stereocenters. The Bertz CT molecular complexity index is 560. The smallest absolute Gasteiger partial charge is 0.234 e. The van der Waals surface area contributed by atoms with E-state index in [2.05, 4.69) is 15.5 Å². The summed E-state index contributed by atoms with van der Waals surface area (Å²) in [5.41, 5.74) is 8.48. The van der Waals surface area contributed by atoms with Crippen LogP contribution in [0, 0.1) is 0 Å². The summed E-state index contributed by atoms with van der Waals surface area (Å²) in [6.45, 7) is 0. The maximum atomic E-state index is 11.8. The number of methoxy groups -OCH3 is 1. The molecule has 19 heavy (non-hydrogen) atoms. The maximum Gasteiger partial charge on any atom is 0.234 e. The number of amides is 1. The second kappa shape index (κ2) is 6.39. The average molecular weight is 296 g/mol. The van der Waals surface area contributed by atoms with Crippen LogP contribution in [-0.2, 0) is 4.79 Å². The molecule has 1 aromatic heterocycles. The number of nitrogens with one attached hydrogen (secondary N) is 1. The third-order valence-corrected chi connectivity index (χ3v) is 4.06. The number of thioether (sulfide) groups is 1. The zero-order chi connectivity index (χ0) is 13.7. The van der Waals surface area contributed by atoms with Crippen molar-refractivity contribution in [1.29, 1.82) is 0 Å². The van der Waals surface area contributed by atoms with Gasteiger partial charge in [-0.2, -0.15) is 0 Å². The number of nitrogens with two attached hydrogens (primary N) is 1. The van der Waals surface area contributed by atoms with E-state index in [9.17, 15) is 4.79 Å². The van der Waals surface area contributed by atoms with E-state index in [0.717, 1.165) is 4.34 Å². The first-order valence-electron chi connectivity index (χ1n) is 5.31. The second-order valence-corrected chi connectivity index (χ2v) is 5.55. The van der Waals surface area contributed by atoms with Crippen molar-refractivity contribution in [1.82, 2.24) is 10.2 Å². The number of hydrogen-bond donors (Lipinski definition) is 2. The van der Waals surface area contributed by atoms with Crippen LogP contribution in [0.5, 0.6) is 5.75 Å². The van der Waals surface area contributed by atoms with Gasteiger partial charge in [-0.05, 0) is 12.1 Å². The minimum Gasteiger partial charge on any atom is -0.497 e. The van der Waals surface area contributed by atoms with Crippen LogP contribution in [0.2, 0.25) is 0 Å². The highest BCUT2D eigenvalue weighted by Gasteiger charge is 2.08. The lowest BCUT2D eigenvalue weighted by atomic mass is 10.2. The molecule has 0 aliphatic rings. The van der Waals surface area contributed by atoms with E-state index in [4.69, 9.17) is 10.5 Å². The van der Waals surface area contributed by atoms with Crippen molar-refractivity contribution in [3.05, 3.63) is 23.7 Å². The van der Waals surface area contributed by atoms with Crippen molar-refractivity contribution >= 4 is 40.4 Å². The van der Waals surface area contributed by atoms with Gasteiger partial charge in [-0.15, -0.1) is 10.2 Å². The number of ether oxygens (including phenoxy) is 1. The van der Waals surface area contributed by atoms with Crippen molar-refractivity contribution < 1.29 is 9.53 Å². The number of carbonyl (C=O) groups is 1. The van der Waals surface area contributed by atoms with Crippen LogP contribution in [0.4, 0.5) is 11.4 Å². The minimum absolute atomic E-state index is 0.142. The van der Waals surface area contributed by atoms with Crippen LogP contribution in [-0.4, -0.2) is 29.0 Å². The van der Waals surface area contributed by atoms with Crippen molar-refractivity contribution in [2.45, 2.75) is 4.34 Å². The normalized spacial score (nSPS) is 10.2. The average Bonchev–Trinajstić information content (AvgIpc) is 2.92. The van der Waals surface area contributed by atoms with E-state index in [-0.39, 0.29) is 11.7 Å². The van der Waals surface area contributed by atoms with E-state index in [0.29, 0.717) is 17.1 Å². The van der Waals surface area contributed by atoms with Gasteiger partial charge in [-0.3, -0.25) is 4.79 Å². The Balaban J connectivity index is 1.91. The summed E-state index contributed by atoms with van der Waals surface area (Å²) in [7, 11) is 1.56. The van der Waals surface area contributed by atoms with Crippen molar-refractivity contribution in [3.8, 4) is 5.75 Å². The molecule has 1 aromatic carbocycles. The maximum absolute atomic E-state index is 11.8. The van der Waals surface area contributed by atoms with Crippen molar-refractivity contribution in [2.75, 3.05) is 23.9 Å². The van der Waals surface area contributed by atoms with Gasteiger partial charge in [-0.1, -0.05) is 23.1 Å². The van der Waals surface area contributed by atoms with Crippen LogP contribution in [0.3, 0.4) is 0 Å². The summed E-state index contributed by atoms with van der Waals surface area (Å²) in [4.78, 5) is 11.8. The summed E-state index contributed by atoms with van der Waals surface area (Å²) >= 11 is 2.73. The molecule has 0 fully saturated rings. The minimum atomic E-state index is -0.142. The molecule has 0 atom stereocenters. The zero-order valence-corrected chi connectivity index (χ0v) is 11.8. The van der Waals surface area contributed by atoms with Crippen LogP contribution >= 0.6 is 23.1 Å². The summed E-state index contributed by atoms with van der Waals surface area (Å²) in [5, 5.41) is 10.3. The number of aromatic nitrogens is 2. The molecule has 3 N–H and O–H groups in total. The second-order valence-electron chi connectivity index (χ2n) is 3.49. The topological polar surface area (TPSA) is 90.1 Å². The SMILES string of the molecule is COc1ccc(NC(=O)CSc2nncs2)c(N)c1. The highest BCUT2D eigenvalue weighted by Crippen LogP contribution is 2.25. The molecule has 0 aliphatic carbocycles. The Morgan fingerprint density at radius 1 is 1.58 bits per heavy atom. The van der Waals surface area contributed by atoms with Crippen LogP contribution in [0.1, 0.15) is 0 Å². The highest BCUT2D eigenvalue weighted by molar-refractivity contribution is 8.01. The number of hydrogen-bond acceptors (Lipinski definition) is 7. The first-order valence-corrected chi connectivity index (χ1v) is 7.18. The fourth-order valence-corrected chi connectivity index (χ4v) is 2.61. The molecular weight excluding hydrogens is 284 g/mol. The van der Waals surface area contributed by atoms with Gasteiger partial charge in [0.05, 0.1) is 24.2 Å². The highest BCUT2D eigenvalue weighted by atomic mass is 32.2. The molecule has 0 spiro atoms. The quantitative estimate of drug-likeness (QED) is 0.646. The molecule has 2 rings (SSSR count). The van der Waals surface area contributed by atoms with Gasteiger partial charge in [0.2, 0.25) is 5.91 Å². The predicted molar refractivity (Wildman–Crippen MR) is 76.7 cm³/mol. The fourth-order valence-electron chi connectivity index (χ4n) is 1.32.